The lowest BCUT2D eigenvalue weighted by Gasteiger charge is -2.31. The molecule has 2 heterocycles. The number of piperidine rings is 1. The van der Waals surface area contributed by atoms with E-state index in [2.05, 4.69) is 15.5 Å². The van der Waals surface area contributed by atoms with Gasteiger partial charge < -0.3 is 15.5 Å². The van der Waals surface area contributed by atoms with E-state index >= 15 is 0 Å². The zero-order valence-corrected chi connectivity index (χ0v) is 14.3. The average molecular weight is 330 g/mol. The summed E-state index contributed by atoms with van der Waals surface area (Å²) in [6.07, 6.45) is 3.79. The van der Waals surface area contributed by atoms with E-state index in [1.54, 1.807) is 4.90 Å². The smallest absolute Gasteiger partial charge is 0.238 e. The maximum Gasteiger partial charge on any atom is 0.238 e. The standard InChI is InChI=1S/C18H26N4O2/c1-19-15-6-3-9-21(12-15)13-17(23)20-14-5-2-7-16(11-14)22-10-4-8-18(22)24/h2,5,7,11,15,19H,3-4,6,8-10,12-13H2,1H3,(H,20,23). The molecule has 6 heteroatoms. The van der Waals surface area contributed by atoms with Crippen molar-refractivity contribution >= 4 is 23.2 Å². The van der Waals surface area contributed by atoms with Gasteiger partial charge in [-0.25, -0.2) is 0 Å². The third-order valence-electron chi connectivity index (χ3n) is 4.80. The number of hydrogen-bond acceptors (Lipinski definition) is 4. The summed E-state index contributed by atoms with van der Waals surface area (Å²) in [7, 11) is 1.97. The molecule has 24 heavy (non-hydrogen) atoms. The van der Waals surface area contributed by atoms with Gasteiger partial charge in [0.2, 0.25) is 11.8 Å². The van der Waals surface area contributed by atoms with Crippen molar-refractivity contribution in [2.45, 2.75) is 31.7 Å². The predicted octanol–water partition coefficient (Wildman–Crippen LogP) is 1.44. The van der Waals surface area contributed by atoms with Gasteiger partial charge in [-0.05, 0) is 51.1 Å². The molecule has 6 nitrogen and oxygen atoms in total. The highest BCUT2D eigenvalue weighted by molar-refractivity contribution is 5.97. The molecular weight excluding hydrogens is 304 g/mol. The van der Waals surface area contributed by atoms with Gasteiger partial charge in [-0.1, -0.05) is 6.07 Å². The van der Waals surface area contributed by atoms with Crippen molar-refractivity contribution < 1.29 is 9.59 Å². The molecule has 1 aromatic carbocycles. The fourth-order valence-corrected chi connectivity index (χ4v) is 3.51. The van der Waals surface area contributed by atoms with Gasteiger partial charge in [0.15, 0.2) is 0 Å². The Labute approximate surface area is 143 Å². The molecule has 2 amide bonds. The van der Waals surface area contributed by atoms with Gasteiger partial charge in [0.1, 0.15) is 0 Å². The molecule has 2 aliphatic rings. The lowest BCUT2D eigenvalue weighted by molar-refractivity contribution is -0.118. The molecule has 2 N–H and O–H groups in total. The molecule has 0 bridgehead atoms. The molecule has 0 saturated carbocycles. The van der Waals surface area contributed by atoms with Gasteiger partial charge in [0.25, 0.3) is 0 Å². The van der Waals surface area contributed by atoms with E-state index in [0.717, 1.165) is 43.9 Å². The van der Waals surface area contributed by atoms with E-state index in [9.17, 15) is 9.59 Å². The van der Waals surface area contributed by atoms with E-state index in [0.29, 0.717) is 19.0 Å². The van der Waals surface area contributed by atoms with Crippen LogP contribution < -0.4 is 15.5 Å². The highest BCUT2D eigenvalue weighted by Gasteiger charge is 2.22. The molecule has 0 radical (unpaired) electrons. The third-order valence-corrected chi connectivity index (χ3v) is 4.80. The van der Waals surface area contributed by atoms with Crippen LogP contribution in [0.1, 0.15) is 25.7 Å². The first-order valence-electron chi connectivity index (χ1n) is 8.75. The normalized spacial score (nSPS) is 22.0. The number of benzene rings is 1. The van der Waals surface area contributed by atoms with Crippen molar-refractivity contribution in [2.75, 3.05) is 43.4 Å². The van der Waals surface area contributed by atoms with Crippen LogP contribution in [0.15, 0.2) is 24.3 Å². The number of carbonyl (C=O) groups excluding carboxylic acids is 2. The summed E-state index contributed by atoms with van der Waals surface area (Å²) in [5, 5.41) is 6.25. The molecule has 3 rings (SSSR count). The summed E-state index contributed by atoms with van der Waals surface area (Å²) in [5.74, 6) is 0.154. The molecule has 2 aliphatic heterocycles. The van der Waals surface area contributed by atoms with Crippen LogP contribution in [0.3, 0.4) is 0 Å². The number of anilines is 2. The van der Waals surface area contributed by atoms with Gasteiger partial charge in [-0.15, -0.1) is 0 Å². The third kappa shape index (κ3) is 4.13. The molecule has 1 aromatic rings. The summed E-state index contributed by atoms with van der Waals surface area (Å²) >= 11 is 0. The number of nitrogens with zero attached hydrogens (tertiary/aromatic N) is 2. The van der Waals surface area contributed by atoms with Gasteiger partial charge >= 0.3 is 0 Å². The van der Waals surface area contributed by atoms with Crippen LogP contribution in [0.4, 0.5) is 11.4 Å². The minimum Gasteiger partial charge on any atom is -0.325 e. The van der Waals surface area contributed by atoms with Crippen LogP contribution in [0.5, 0.6) is 0 Å². The van der Waals surface area contributed by atoms with Crippen molar-refractivity contribution in [3.05, 3.63) is 24.3 Å². The van der Waals surface area contributed by atoms with Gasteiger partial charge in [-0.3, -0.25) is 14.5 Å². The van der Waals surface area contributed by atoms with E-state index in [1.165, 1.54) is 6.42 Å². The summed E-state index contributed by atoms with van der Waals surface area (Å²) < 4.78 is 0. The van der Waals surface area contributed by atoms with Crippen LogP contribution in [-0.4, -0.2) is 56.0 Å². The molecule has 2 saturated heterocycles. The van der Waals surface area contributed by atoms with Crippen LogP contribution in [0.2, 0.25) is 0 Å². The fraction of sp³-hybridized carbons (Fsp3) is 0.556. The van der Waals surface area contributed by atoms with E-state index in [1.807, 2.05) is 31.3 Å². The Morgan fingerprint density at radius 1 is 1.29 bits per heavy atom. The molecule has 2 fully saturated rings. The van der Waals surface area contributed by atoms with Crippen LogP contribution in [-0.2, 0) is 9.59 Å². The second kappa shape index (κ2) is 7.77. The van der Waals surface area contributed by atoms with Crippen molar-refractivity contribution in [3.63, 3.8) is 0 Å². The highest BCUT2D eigenvalue weighted by atomic mass is 16.2. The van der Waals surface area contributed by atoms with Gasteiger partial charge in [0, 0.05) is 36.9 Å². The quantitative estimate of drug-likeness (QED) is 0.857. The Morgan fingerprint density at radius 3 is 2.92 bits per heavy atom. The zero-order valence-electron chi connectivity index (χ0n) is 14.3. The second-order valence-corrected chi connectivity index (χ2v) is 6.61. The second-order valence-electron chi connectivity index (χ2n) is 6.61. The largest absolute Gasteiger partial charge is 0.325 e. The first-order chi connectivity index (χ1) is 11.7. The topological polar surface area (TPSA) is 64.7 Å². The Hall–Kier alpha value is -1.92. The summed E-state index contributed by atoms with van der Waals surface area (Å²) in [6, 6.07) is 8.02. The lowest BCUT2D eigenvalue weighted by atomic mass is 10.1. The van der Waals surface area contributed by atoms with Crippen molar-refractivity contribution in [1.29, 1.82) is 0 Å². The zero-order chi connectivity index (χ0) is 16.9. The van der Waals surface area contributed by atoms with Crippen molar-refractivity contribution in [2.24, 2.45) is 0 Å². The summed E-state index contributed by atoms with van der Waals surface area (Å²) in [6.45, 7) is 3.04. The lowest BCUT2D eigenvalue weighted by Crippen LogP contribution is -2.46. The monoisotopic (exact) mass is 330 g/mol. The maximum absolute atomic E-state index is 12.3. The summed E-state index contributed by atoms with van der Waals surface area (Å²) in [5.41, 5.74) is 1.61. The van der Waals surface area contributed by atoms with Gasteiger partial charge in [-0.2, -0.15) is 0 Å². The molecule has 1 atom stereocenters. The van der Waals surface area contributed by atoms with Gasteiger partial charge in [0.05, 0.1) is 6.54 Å². The van der Waals surface area contributed by atoms with Crippen molar-refractivity contribution in [3.8, 4) is 0 Å². The SMILES string of the molecule is CNC1CCCN(CC(=O)Nc2cccc(N3CCCC3=O)c2)C1. The highest BCUT2D eigenvalue weighted by Crippen LogP contribution is 2.24. The molecule has 1 unspecified atom stereocenters. The first-order valence-corrected chi connectivity index (χ1v) is 8.75. The Bertz CT molecular complexity index is 604. The number of hydrogen-bond donors (Lipinski definition) is 2. The first kappa shape index (κ1) is 16.9. The number of carbonyl (C=O) groups is 2. The molecule has 0 aromatic heterocycles. The summed E-state index contributed by atoms with van der Waals surface area (Å²) in [4.78, 5) is 28.2. The van der Waals surface area contributed by atoms with Crippen LogP contribution in [0.25, 0.3) is 0 Å². The van der Waals surface area contributed by atoms with Crippen molar-refractivity contribution in [1.82, 2.24) is 10.2 Å². The van der Waals surface area contributed by atoms with Crippen LogP contribution in [0, 0.1) is 0 Å². The molecule has 130 valence electrons. The van der Waals surface area contributed by atoms with E-state index < -0.39 is 0 Å². The number of likely N-dealkylation sites (N-methyl/N-ethyl adjacent to an activating group) is 1. The average Bonchev–Trinajstić information content (AvgIpc) is 3.01. The van der Waals surface area contributed by atoms with E-state index in [-0.39, 0.29) is 11.8 Å². The Kier molecular flexibility index (Phi) is 5.48. The number of likely N-dealkylation sites (tertiary alicyclic amines) is 1. The maximum atomic E-state index is 12.3. The fourth-order valence-electron chi connectivity index (χ4n) is 3.51. The minimum absolute atomic E-state index is 0.00310. The number of rotatable bonds is 5. The molecular formula is C18H26N4O2. The Balaban J connectivity index is 1.57. The molecule has 0 aliphatic carbocycles. The minimum atomic E-state index is -0.00310. The predicted molar refractivity (Wildman–Crippen MR) is 95.2 cm³/mol. The number of amides is 2. The molecule has 0 spiro atoms. The van der Waals surface area contributed by atoms with E-state index in [4.69, 9.17) is 0 Å². The Morgan fingerprint density at radius 2 is 2.17 bits per heavy atom. The number of nitrogens with one attached hydrogen (secondary N) is 2. The van der Waals surface area contributed by atoms with Crippen LogP contribution >= 0.6 is 0 Å².